The monoisotopic (exact) mass is 346 g/mol. The van der Waals surface area contributed by atoms with Gasteiger partial charge >= 0.3 is 6.09 Å². The number of carbonyl (C=O) groups is 3. The SMILES string of the molecule is CCOC(=O)NC(=O)C1CCSC1NC(=O)C1CCCC(F)C1. The largest absolute Gasteiger partial charge is 0.450 e. The van der Waals surface area contributed by atoms with Crippen LogP contribution in [0.5, 0.6) is 0 Å². The van der Waals surface area contributed by atoms with Crippen LogP contribution in [0, 0.1) is 11.8 Å². The van der Waals surface area contributed by atoms with Gasteiger partial charge in [0.05, 0.1) is 17.9 Å². The van der Waals surface area contributed by atoms with Crippen LogP contribution in [0.15, 0.2) is 0 Å². The minimum atomic E-state index is -0.918. The third-order valence-corrected chi connectivity index (χ3v) is 5.47. The van der Waals surface area contributed by atoms with Gasteiger partial charge in [-0.05, 0) is 44.8 Å². The second kappa shape index (κ2) is 8.52. The third kappa shape index (κ3) is 5.09. The molecule has 2 N–H and O–H groups in total. The number of hydrogen-bond donors (Lipinski definition) is 2. The molecule has 4 unspecified atom stereocenters. The Morgan fingerprint density at radius 1 is 1.22 bits per heavy atom. The second-order valence-corrected chi connectivity index (χ2v) is 7.12. The summed E-state index contributed by atoms with van der Waals surface area (Å²) in [5, 5.41) is 4.66. The van der Waals surface area contributed by atoms with Gasteiger partial charge in [0.1, 0.15) is 6.17 Å². The summed E-state index contributed by atoms with van der Waals surface area (Å²) in [6, 6.07) is 0. The lowest BCUT2D eigenvalue weighted by Crippen LogP contribution is -2.46. The Labute approximate surface area is 139 Å². The fourth-order valence-electron chi connectivity index (χ4n) is 2.99. The molecule has 2 aliphatic rings. The molecule has 130 valence electrons. The molecule has 8 heteroatoms. The standard InChI is InChI=1S/C15H23FN2O4S/c1-2-22-15(21)18-13(20)11-6-7-23-14(11)17-12(19)9-4-3-5-10(16)8-9/h9-11,14H,2-8H2,1H3,(H,17,19)(H,18,20,21). The molecule has 0 bridgehead atoms. The summed E-state index contributed by atoms with van der Waals surface area (Å²) in [6.45, 7) is 1.84. The van der Waals surface area contributed by atoms with Crippen LogP contribution in [-0.2, 0) is 14.3 Å². The molecule has 4 atom stereocenters. The first-order valence-electron chi connectivity index (χ1n) is 8.05. The van der Waals surface area contributed by atoms with Gasteiger partial charge in [-0.3, -0.25) is 14.9 Å². The van der Waals surface area contributed by atoms with E-state index < -0.39 is 24.1 Å². The van der Waals surface area contributed by atoms with Crippen molar-refractivity contribution in [2.24, 2.45) is 11.8 Å². The first kappa shape index (κ1) is 18.0. The van der Waals surface area contributed by atoms with Crippen LogP contribution in [0.4, 0.5) is 9.18 Å². The highest BCUT2D eigenvalue weighted by Gasteiger charge is 2.37. The van der Waals surface area contributed by atoms with Crippen molar-refractivity contribution in [1.82, 2.24) is 10.6 Å². The predicted molar refractivity (Wildman–Crippen MR) is 84.5 cm³/mol. The van der Waals surface area contributed by atoms with E-state index in [1.165, 1.54) is 11.8 Å². The molecule has 1 aliphatic carbocycles. The van der Waals surface area contributed by atoms with Crippen LogP contribution >= 0.6 is 11.8 Å². The van der Waals surface area contributed by atoms with Crippen molar-refractivity contribution in [2.75, 3.05) is 12.4 Å². The Morgan fingerprint density at radius 3 is 2.70 bits per heavy atom. The van der Waals surface area contributed by atoms with Crippen LogP contribution in [0.2, 0.25) is 0 Å². The highest BCUT2D eigenvalue weighted by atomic mass is 32.2. The van der Waals surface area contributed by atoms with Crippen molar-refractivity contribution < 1.29 is 23.5 Å². The van der Waals surface area contributed by atoms with Gasteiger partial charge in [-0.15, -0.1) is 11.8 Å². The molecule has 0 aromatic rings. The Kier molecular flexibility index (Phi) is 6.68. The molecule has 1 saturated heterocycles. The smallest absolute Gasteiger partial charge is 0.413 e. The van der Waals surface area contributed by atoms with E-state index >= 15 is 0 Å². The van der Waals surface area contributed by atoms with Gasteiger partial charge in [-0.2, -0.15) is 0 Å². The number of alkyl carbamates (subject to hydrolysis) is 1. The molecule has 23 heavy (non-hydrogen) atoms. The number of halogens is 1. The number of alkyl halides is 1. The number of imide groups is 1. The van der Waals surface area contributed by atoms with Crippen molar-refractivity contribution in [3.8, 4) is 0 Å². The highest BCUT2D eigenvalue weighted by molar-refractivity contribution is 8.00. The summed E-state index contributed by atoms with van der Waals surface area (Å²) in [6.07, 6.45) is 1.06. The quantitative estimate of drug-likeness (QED) is 0.813. The Hall–Kier alpha value is -1.31. The minimum Gasteiger partial charge on any atom is -0.450 e. The summed E-state index contributed by atoms with van der Waals surface area (Å²) in [5.41, 5.74) is 0. The van der Waals surface area contributed by atoms with Gasteiger partial charge in [0.25, 0.3) is 0 Å². The number of rotatable bonds is 4. The average Bonchev–Trinajstić information content (AvgIpc) is 2.95. The molecule has 0 radical (unpaired) electrons. The fourth-order valence-corrected chi connectivity index (χ4v) is 4.32. The molecule has 1 aliphatic heterocycles. The van der Waals surface area contributed by atoms with E-state index in [9.17, 15) is 18.8 Å². The number of amides is 3. The lowest BCUT2D eigenvalue weighted by molar-refractivity contribution is -0.128. The Balaban J connectivity index is 1.87. The molecule has 1 heterocycles. The zero-order valence-corrected chi connectivity index (χ0v) is 14.0. The van der Waals surface area contributed by atoms with E-state index in [4.69, 9.17) is 0 Å². The van der Waals surface area contributed by atoms with Gasteiger partial charge in [0, 0.05) is 5.92 Å². The minimum absolute atomic E-state index is 0.185. The Bertz CT molecular complexity index is 463. The second-order valence-electron chi connectivity index (χ2n) is 5.87. The van der Waals surface area contributed by atoms with E-state index in [1.807, 2.05) is 0 Å². The molecule has 0 aromatic carbocycles. The van der Waals surface area contributed by atoms with Crippen LogP contribution in [0.3, 0.4) is 0 Å². The van der Waals surface area contributed by atoms with Crippen LogP contribution in [0.1, 0.15) is 39.0 Å². The molecule has 3 amide bonds. The zero-order chi connectivity index (χ0) is 16.8. The van der Waals surface area contributed by atoms with Crippen LogP contribution in [0.25, 0.3) is 0 Å². The molecule has 0 aromatic heterocycles. The lowest BCUT2D eigenvalue weighted by atomic mass is 9.87. The van der Waals surface area contributed by atoms with Gasteiger partial charge in [0.2, 0.25) is 11.8 Å². The van der Waals surface area contributed by atoms with Gasteiger partial charge < -0.3 is 10.1 Å². The number of hydrogen-bond acceptors (Lipinski definition) is 5. The lowest BCUT2D eigenvalue weighted by Gasteiger charge is -2.26. The summed E-state index contributed by atoms with van der Waals surface area (Å²) in [4.78, 5) is 35.7. The molecule has 1 saturated carbocycles. The normalized spacial score (nSPS) is 30.5. The molecular formula is C15H23FN2O4S. The molecule has 2 fully saturated rings. The van der Waals surface area contributed by atoms with Crippen molar-refractivity contribution in [1.29, 1.82) is 0 Å². The number of ether oxygens (including phenoxy) is 1. The fraction of sp³-hybridized carbons (Fsp3) is 0.800. The zero-order valence-electron chi connectivity index (χ0n) is 13.2. The van der Waals surface area contributed by atoms with Crippen LogP contribution in [-0.4, -0.2) is 41.8 Å². The van der Waals surface area contributed by atoms with Crippen molar-refractivity contribution in [3.05, 3.63) is 0 Å². The van der Waals surface area contributed by atoms with Gasteiger partial charge in [-0.25, -0.2) is 9.18 Å². The number of thioether (sulfide) groups is 1. The van der Waals surface area contributed by atoms with Crippen LogP contribution < -0.4 is 10.6 Å². The van der Waals surface area contributed by atoms with E-state index in [-0.39, 0.29) is 30.2 Å². The highest BCUT2D eigenvalue weighted by Crippen LogP contribution is 2.32. The first-order valence-corrected chi connectivity index (χ1v) is 9.09. The average molecular weight is 346 g/mol. The maximum atomic E-state index is 13.4. The summed E-state index contributed by atoms with van der Waals surface area (Å²) >= 11 is 1.47. The molecule has 2 rings (SSSR count). The predicted octanol–water partition coefficient (Wildman–Crippen LogP) is 1.98. The van der Waals surface area contributed by atoms with E-state index in [0.717, 1.165) is 5.75 Å². The van der Waals surface area contributed by atoms with Gasteiger partial charge in [-0.1, -0.05) is 0 Å². The first-order chi connectivity index (χ1) is 11.0. The van der Waals surface area contributed by atoms with E-state index in [0.29, 0.717) is 25.7 Å². The van der Waals surface area contributed by atoms with Crippen molar-refractivity contribution in [2.45, 2.75) is 50.6 Å². The summed E-state index contributed by atoms with van der Waals surface area (Å²) in [7, 11) is 0. The van der Waals surface area contributed by atoms with E-state index in [2.05, 4.69) is 15.4 Å². The summed E-state index contributed by atoms with van der Waals surface area (Å²) in [5.74, 6) is -0.708. The molecular weight excluding hydrogens is 323 g/mol. The van der Waals surface area contributed by atoms with E-state index in [1.54, 1.807) is 6.92 Å². The number of carbonyl (C=O) groups excluding carboxylic acids is 3. The van der Waals surface area contributed by atoms with Gasteiger partial charge in [0.15, 0.2) is 0 Å². The Morgan fingerprint density at radius 2 is 2.00 bits per heavy atom. The third-order valence-electron chi connectivity index (χ3n) is 4.19. The number of nitrogens with one attached hydrogen (secondary N) is 2. The summed E-state index contributed by atoms with van der Waals surface area (Å²) < 4.78 is 18.1. The molecule has 6 nitrogen and oxygen atoms in total. The maximum absolute atomic E-state index is 13.4. The van der Waals surface area contributed by atoms with Crippen molar-refractivity contribution >= 4 is 29.7 Å². The topological polar surface area (TPSA) is 84.5 Å². The molecule has 0 spiro atoms. The van der Waals surface area contributed by atoms with Crippen molar-refractivity contribution in [3.63, 3.8) is 0 Å². The maximum Gasteiger partial charge on any atom is 0.413 e.